The van der Waals surface area contributed by atoms with Crippen molar-refractivity contribution in [2.24, 2.45) is 17.8 Å². The molecule has 1 atom stereocenters. The maximum atomic E-state index is 14.6. The Labute approximate surface area is 301 Å². The van der Waals surface area contributed by atoms with Crippen molar-refractivity contribution in [2.75, 3.05) is 17.1 Å². The van der Waals surface area contributed by atoms with Gasteiger partial charge in [0.15, 0.2) is 0 Å². The lowest BCUT2D eigenvalue weighted by molar-refractivity contribution is -0.140. The number of amides is 2. The zero-order chi connectivity index (χ0) is 35.1. The molecule has 262 valence electrons. The Hall–Kier alpha value is -3.07. The largest absolute Gasteiger partial charge is 0.350 e. The molecule has 0 heterocycles. The fourth-order valence-electron chi connectivity index (χ4n) is 8.92. The quantitative estimate of drug-likeness (QED) is 0.219. The van der Waals surface area contributed by atoms with Gasteiger partial charge in [-0.05, 0) is 118 Å². The summed E-state index contributed by atoms with van der Waals surface area (Å²) in [5.41, 5.74) is 2.59. The summed E-state index contributed by atoms with van der Waals surface area (Å²) in [5.74, 6) is 1.45. The number of anilines is 1. The maximum Gasteiger partial charge on any atom is 0.244 e. The van der Waals surface area contributed by atoms with Crippen LogP contribution in [0, 0.1) is 17.8 Å². The number of nitrogens with one attached hydrogen (secondary N) is 1. The van der Waals surface area contributed by atoms with E-state index in [4.69, 9.17) is 23.2 Å². The van der Waals surface area contributed by atoms with Crippen LogP contribution in [0.3, 0.4) is 0 Å². The van der Waals surface area contributed by atoms with Gasteiger partial charge in [0.25, 0.3) is 0 Å². The zero-order valence-electron chi connectivity index (χ0n) is 28.8. The molecule has 0 saturated heterocycles. The van der Waals surface area contributed by atoms with E-state index in [1.165, 1.54) is 49.0 Å². The van der Waals surface area contributed by atoms with Crippen LogP contribution in [0.4, 0.5) is 5.69 Å². The van der Waals surface area contributed by atoms with E-state index in [1.807, 2.05) is 63.2 Å². The number of nitrogens with zero attached hydrogens (tertiary/aromatic N) is 2. The van der Waals surface area contributed by atoms with Crippen molar-refractivity contribution in [1.29, 1.82) is 0 Å². The lowest BCUT2D eigenvalue weighted by Crippen LogP contribution is -2.56. The molecule has 3 aromatic rings. The van der Waals surface area contributed by atoms with Crippen LogP contribution in [0.25, 0.3) is 0 Å². The lowest BCUT2D eigenvalue weighted by Gasteiger charge is -2.57. The number of hydrogen-bond donors (Lipinski definition) is 1. The van der Waals surface area contributed by atoms with E-state index < -0.39 is 34.1 Å². The second kappa shape index (κ2) is 13.9. The first-order valence-corrected chi connectivity index (χ1v) is 19.9. The monoisotopic (exact) mass is 723 g/mol. The molecule has 49 heavy (non-hydrogen) atoms. The number of benzene rings is 3. The third-order valence-electron chi connectivity index (χ3n) is 10.6. The summed E-state index contributed by atoms with van der Waals surface area (Å²) < 4.78 is 27.9. The van der Waals surface area contributed by atoms with Gasteiger partial charge in [0.2, 0.25) is 21.8 Å². The first kappa shape index (κ1) is 35.7. The smallest absolute Gasteiger partial charge is 0.244 e. The van der Waals surface area contributed by atoms with Crippen LogP contribution in [-0.4, -0.2) is 49.5 Å². The molecule has 4 bridgehead atoms. The van der Waals surface area contributed by atoms with Crippen LogP contribution in [0.5, 0.6) is 0 Å². The van der Waals surface area contributed by atoms with Gasteiger partial charge in [0.05, 0.1) is 11.9 Å². The van der Waals surface area contributed by atoms with Gasteiger partial charge in [-0.3, -0.25) is 13.9 Å². The van der Waals surface area contributed by atoms with Gasteiger partial charge in [-0.25, -0.2) is 8.42 Å². The Kier molecular flexibility index (Phi) is 10.2. The first-order valence-electron chi connectivity index (χ1n) is 17.3. The third kappa shape index (κ3) is 8.13. The topological polar surface area (TPSA) is 86.8 Å². The zero-order valence-corrected chi connectivity index (χ0v) is 31.1. The molecular formula is C39H47Cl2N3O4S. The number of carbonyl (C=O) groups is 2. The summed E-state index contributed by atoms with van der Waals surface area (Å²) in [7, 11) is -3.89. The van der Waals surface area contributed by atoms with Gasteiger partial charge in [-0.2, -0.15) is 0 Å². The van der Waals surface area contributed by atoms with Crippen LogP contribution in [-0.2, 0) is 38.0 Å². The minimum Gasteiger partial charge on any atom is -0.350 e. The lowest BCUT2D eigenvalue weighted by atomic mass is 9.48. The van der Waals surface area contributed by atoms with Crippen molar-refractivity contribution in [3.05, 3.63) is 99.5 Å². The molecule has 10 heteroatoms. The van der Waals surface area contributed by atoms with E-state index in [0.29, 0.717) is 21.3 Å². The highest BCUT2D eigenvalue weighted by Gasteiger charge is 2.51. The van der Waals surface area contributed by atoms with Crippen molar-refractivity contribution < 1.29 is 18.0 Å². The first-order chi connectivity index (χ1) is 23.1. The Bertz CT molecular complexity index is 1740. The predicted molar refractivity (Wildman–Crippen MR) is 197 cm³/mol. The SMILES string of the molecule is CC(C)(C)NC(=O)[C@H](Cc1ccccc1)N(Cc1c(Cl)cccc1Cl)C(=O)CN(c1ccc(C23CC4CC(CC(C4)C2)C3)cc1)S(C)(=O)=O. The Morgan fingerprint density at radius 3 is 1.92 bits per heavy atom. The average molecular weight is 725 g/mol. The minimum atomic E-state index is -3.89. The molecule has 2 amide bonds. The number of hydrogen-bond acceptors (Lipinski definition) is 4. The number of halogens is 2. The van der Waals surface area contributed by atoms with Crippen LogP contribution in [0.2, 0.25) is 10.0 Å². The Morgan fingerprint density at radius 1 is 0.857 bits per heavy atom. The second-order valence-corrected chi connectivity index (χ2v) is 18.4. The maximum absolute atomic E-state index is 14.6. The Morgan fingerprint density at radius 2 is 1.41 bits per heavy atom. The second-order valence-electron chi connectivity index (χ2n) is 15.7. The van der Waals surface area contributed by atoms with E-state index in [2.05, 4.69) is 17.4 Å². The highest BCUT2D eigenvalue weighted by atomic mass is 35.5. The van der Waals surface area contributed by atoms with Gasteiger partial charge in [0.1, 0.15) is 12.6 Å². The van der Waals surface area contributed by atoms with Crippen LogP contribution >= 0.6 is 23.2 Å². The van der Waals surface area contributed by atoms with Crippen molar-refractivity contribution in [2.45, 2.75) is 89.3 Å². The number of sulfonamides is 1. The Balaban J connectivity index is 1.34. The number of rotatable bonds is 11. The molecule has 4 fully saturated rings. The molecule has 0 aliphatic heterocycles. The van der Waals surface area contributed by atoms with Crippen molar-refractivity contribution in [3.63, 3.8) is 0 Å². The van der Waals surface area contributed by atoms with E-state index in [-0.39, 0.29) is 24.3 Å². The molecule has 7 rings (SSSR count). The number of carbonyl (C=O) groups excluding carboxylic acids is 2. The summed E-state index contributed by atoms with van der Waals surface area (Å²) >= 11 is 13.2. The highest BCUT2D eigenvalue weighted by molar-refractivity contribution is 7.92. The predicted octanol–water partition coefficient (Wildman–Crippen LogP) is 7.78. The minimum absolute atomic E-state index is 0.0883. The van der Waals surface area contributed by atoms with Crippen molar-refractivity contribution in [3.8, 4) is 0 Å². The van der Waals surface area contributed by atoms with Gasteiger partial charge < -0.3 is 10.2 Å². The molecule has 3 aromatic carbocycles. The highest BCUT2D eigenvalue weighted by Crippen LogP contribution is 2.60. The molecule has 0 spiro atoms. The summed E-state index contributed by atoms with van der Waals surface area (Å²) in [4.78, 5) is 30.0. The van der Waals surface area contributed by atoms with E-state index in [9.17, 15) is 18.0 Å². The van der Waals surface area contributed by atoms with Crippen molar-refractivity contribution >= 4 is 50.7 Å². The molecule has 4 aliphatic carbocycles. The molecule has 7 nitrogen and oxygen atoms in total. The van der Waals surface area contributed by atoms with Gasteiger partial charge in [-0.1, -0.05) is 71.7 Å². The van der Waals surface area contributed by atoms with E-state index in [1.54, 1.807) is 18.2 Å². The van der Waals surface area contributed by atoms with Crippen LogP contribution in [0.15, 0.2) is 72.8 Å². The van der Waals surface area contributed by atoms with Gasteiger partial charge in [-0.15, -0.1) is 0 Å². The third-order valence-corrected chi connectivity index (χ3v) is 12.5. The molecule has 0 radical (unpaired) electrons. The summed E-state index contributed by atoms with van der Waals surface area (Å²) in [6.45, 7) is 5.04. The molecule has 1 N–H and O–H groups in total. The molecule has 0 aromatic heterocycles. The van der Waals surface area contributed by atoms with Crippen LogP contribution < -0.4 is 9.62 Å². The normalized spacial score (nSPS) is 23.6. The van der Waals surface area contributed by atoms with Crippen LogP contribution in [0.1, 0.15) is 76.0 Å². The molecule has 4 saturated carbocycles. The fourth-order valence-corrected chi connectivity index (χ4v) is 10.3. The molecule has 0 unspecified atom stereocenters. The molecular weight excluding hydrogens is 677 g/mol. The molecule has 4 aliphatic rings. The fraction of sp³-hybridized carbons (Fsp3) is 0.487. The van der Waals surface area contributed by atoms with E-state index in [0.717, 1.165) is 33.9 Å². The van der Waals surface area contributed by atoms with Gasteiger partial charge >= 0.3 is 0 Å². The van der Waals surface area contributed by atoms with Crippen molar-refractivity contribution in [1.82, 2.24) is 10.2 Å². The summed E-state index contributed by atoms with van der Waals surface area (Å²) in [6.07, 6.45) is 8.94. The standard InChI is InChI=1S/C39H47Cl2N3O4S/c1-38(2,3)42-37(46)35(20-26-9-6-5-7-10-26)43(24-32-33(40)11-8-12-34(32)41)36(45)25-44(49(4,47)48)31-15-13-30(14-16-31)39-21-27-17-28(22-39)19-29(18-27)23-39/h5-16,27-29,35H,17-25H2,1-4H3,(H,42,46)/t27?,28?,29?,35-,39?/m0/s1. The summed E-state index contributed by atoms with van der Waals surface area (Å²) in [5, 5.41) is 3.73. The summed E-state index contributed by atoms with van der Waals surface area (Å²) in [6, 6.07) is 21.4. The van der Waals surface area contributed by atoms with E-state index >= 15 is 0 Å². The average Bonchev–Trinajstić information content (AvgIpc) is 3.01. The van der Waals surface area contributed by atoms with Gasteiger partial charge in [0, 0.05) is 34.1 Å².